The molecule has 1 aliphatic heterocycles. The zero-order valence-electron chi connectivity index (χ0n) is 15.3. The van der Waals surface area contributed by atoms with E-state index in [1.807, 2.05) is 0 Å². The van der Waals surface area contributed by atoms with Crippen molar-refractivity contribution in [2.45, 2.75) is 45.0 Å². The summed E-state index contributed by atoms with van der Waals surface area (Å²) in [5.41, 5.74) is 0.165. The van der Waals surface area contributed by atoms with Crippen molar-refractivity contribution in [1.82, 2.24) is 15.0 Å². The van der Waals surface area contributed by atoms with Gasteiger partial charge in [0.15, 0.2) is 5.82 Å². The number of hydrogen-bond donors (Lipinski definition) is 0. The SMILES string of the molecule is COCc1nc(CN2CCC[C@@H](CCc3cccc(C(F)(F)F)c3)C2)no1. The van der Waals surface area contributed by atoms with Crippen molar-refractivity contribution in [3.05, 3.63) is 47.1 Å². The maximum atomic E-state index is 12.8. The van der Waals surface area contributed by atoms with Gasteiger partial charge in [0, 0.05) is 13.7 Å². The van der Waals surface area contributed by atoms with Gasteiger partial charge in [0.25, 0.3) is 5.89 Å². The molecule has 1 atom stereocenters. The third-order valence-corrected chi connectivity index (χ3v) is 4.84. The van der Waals surface area contributed by atoms with Crippen molar-refractivity contribution >= 4 is 0 Å². The molecule has 3 rings (SSSR count). The van der Waals surface area contributed by atoms with Gasteiger partial charge in [0.1, 0.15) is 6.61 Å². The van der Waals surface area contributed by atoms with Gasteiger partial charge in [-0.25, -0.2) is 0 Å². The molecule has 1 fully saturated rings. The van der Waals surface area contributed by atoms with E-state index in [-0.39, 0.29) is 0 Å². The van der Waals surface area contributed by atoms with E-state index in [9.17, 15) is 13.2 Å². The monoisotopic (exact) mass is 383 g/mol. The van der Waals surface area contributed by atoms with Crippen molar-refractivity contribution in [2.24, 2.45) is 5.92 Å². The fraction of sp³-hybridized carbons (Fsp3) is 0.579. The Hall–Kier alpha value is -1.93. The number of aromatic nitrogens is 2. The van der Waals surface area contributed by atoms with Crippen molar-refractivity contribution in [3.63, 3.8) is 0 Å². The molecule has 1 aromatic carbocycles. The minimum Gasteiger partial charge on any atom is -0.375 e. The average Bonchev–Trinajstić information content (AvgIpc) is 3.07. The summed E-state index contributed by atoms with van der Waals surface area (Å²) < 4.78 is 48.6. The molecule has 0 radical (unpaired) electrons. The predicted molar refractivity (Wildman–Crippen MR) is 92.8 cm³/mol. The summed E-state index contributed by atoms with van der Waals surface area (Å²) in [4.78, 5) is 6.57. The van der Waals surface area contributed by atoms with Crippen molar-refractivity contribution in [3.8, 4) is 0 Å². The number of alkyl halides is 3. The summed E-state index contributed by atoms with van der Waals surface area (Å²) >= 11 is 0. The Kier molecular flexibility index (Phi) is 6.49. The normalized spacial score (nSPS) is 18.7. The Bertz CT molecular complexity index is 733. The van der Waals surface area contributed by atoms with E-state index in [4.69, 9.17) is 9.26 Å². The largest absolute Gasteiger partial charge is 0.416 e. The quantitative estimate of drug-likeness (QED) is 0.721. The molecule has 1 aromatic heterocycles. The Morgan fingerprint density at radius 3 is 2.96 bits per heavy atom. The van der Waals surface area contributed by atoms with Crippen LogP contribution in [0.3, 0.4) is 0 Å². The number of rotatable bonds is 7. The molecule has 0 N–H and O–H groups in total. The van der Waals surface area contributed by atoms with E-state index in [0.717, 1.165) is 44.0 Å². The lowest BCUT2D eigenvalue weighted by molar-refractivity contribution is -0.137. The molecule has 0 saturated carbocycles. The molecule has 148 valence electrons. The second-order valence-electron chi connectivity index (χ2n) is 7.02. The summed E-state index contributed by atoms with van der Waals surface area (Å²) in [6.07, 6.45) is -0.599. The number of aryl methyl sites for hydroxylation is 1. The van der Waals surface area contributed by atoms with Gasteiger partial charge >= 0.3 is 6.18 Å². The van der Waals surface area contributed by atoms with Gasteiger partial charge in [0.05, 0.1) is 12.1 Å². The fourth-order valence-corrected chi connectivity index (χ4v) is 3.54. The molecular weight excluding hydrogens is 359 g/mol. The van der Waals surface area contributed by atoms with Crippen LogP contribution >= 0.6 is 0 Å². The molecule has 0 amide bonds. The van der Waals surface area contributed by atoms with E-state index in [0.29, 0.717) is 37.2 Å². The lowest BCUT2D eigenvalue weighted by atomic mass is 9.91. The Morgan fingerprint density at radius 2 is 2.19 bits per heavy atom. The lowest BCUT2D eigenvalue weighted by Gasteiger charge is -2.32. The van der Waals surface area contributed by atoms with Crippen LogP contribution in [-0.4, -0.2) is 35.2 Å². The fourth-order valence-electron chi connectivity index (χ4n) is 3.54. The van der Waals surface area contributed by atoms with Crippen molar-refractivity contribution in [2.75, 3.05) is 20.2 Å². The van der Waals surface area contributed by atoms with Gasteiger partial charge in [-0.05, 0) is 49.8 Å². The third kappa shape index (κ3) is 5.77. The molecule has 5 nitrogen and oxygen atoms in total. The van der Waals surface area contributed by atoms with Gasteiger partial charge in [-0.2, -0.15) is 18.2 Å². The van der Waals surface area contributed by atoms with Gasteiger partial charge in [-0.3, -0.25) is 4.90 Å². The number of halogens is 3. The molecule has 0 unspecified atom stereocenters. The first-order valence-corrected chi connectivity index (χ1v) is 9.13. The molecule has 27 heavy (non-hydrogen) atoms. The highest BCUT2D eigenvalue weighted by molar-refractivity contribution is 5.25. The van der Waals surface area contributed by atoms with E-state index < -0.39 is 11.7 Å². The maximum absolute atomic E-state index is 12.8. The summed E-state index contributed by atoms with van der Waals surface area (Å²) in [7, 11) is 1.57. The van der Waals surface area contributed by atoms with Crippen LogP contribution in [0.2, 0.25) is 0 Å². The van der Waals surface area contributed by atoms with E-state index in [1.54, 1.807) is 13.2 Å². The first-order valence-electron chi connectivity index (χ1n) is 9.13. The molecule has 2 heterocycles. The number of ether oxygens (including phenoxy) is 1. The van der Waals surface area contributed by atoms with Crippen LogP contribution in [0.1, 0.15) is 42.1 Å². The number of hydrogen-bond acceptors (Lipinski definition) is 5. The summed E-state index contributed by atoms with van der Waals surface area (Å²) in [5, 5.41) is 3.97. The van der Waals surface area contributed by atoms with Crippen LogP contribution in [0, 0.1) is 5.92 Å². The Labute approximate surface area is 156 Å². The smallest absolute Gasteiger partial charge is 0.375 e. The number of nitrogens with zero attached hydrogens (tertiary/aromatic N) is 3. The highest BCUT2D eigenvalue weighted by Crippen LogP contribution is 2.30. The highest BCUT2D eigenvalue weighted by Gasteiger charge is 2.30. The number of likely N-dealkylation sites (tertiary alicyclic amines) is 1. The zero-order valence-corrected chi connectivity index (χ0v) is 15.3. The van der Waals surface area contributed by atoms with Crippen LogP contribution in [0.15, 0.2) is 28.8 Å². The van der Waals surface area contributed by atoms with E-state index >= 15 is 0 Å². The highest BCUT2D eigenvalue weighted by atomic mass is 19.4. The number of piperidine rings is 1. The maximum Gasteiger partial charge on any atom is 0.416 e. The second kappa shape index (κ2) is 8.84. The topological polar surface area (TPSA) is 51.4 Å². The van der Waals surface area contributed by atoms with Crippen molar-refractivity contribution in [1.29, 1.82) is 0 Å². The summed E-state index contributed by atoms with van der Waals surface area (Å²) in [5.74, 6) is 1.56. The van der Waals surface area contributed by atoms with E-state index in [1.165, 1.54) is 12.1 Å². The zero-order chi connectivity index (χ0) is 19.3. The number of methoxy groups -OCH3 is 1. The van der Waals surface area contributed by atoms with Gasteiger partial charge < -0.3 is 9.26 Å². The van der Waals surface area contributed by atoms with Crippen LogP contribution in [-0.2, 0) is 30.5 Å². The lowest BCUT2D eigenvalue weighted by Crippen LogP contribution is -2.35. The molecule has 2 aromatic rings. The molecule has 0 bridgehead atoms. The Morgan fingerprint density at radius 1 is 1.33 bits per heavy atom. The minimum atomic E-state index is -4.29. The molecule has 8 heteroatoms. The summed E-state index contributed by atoms with van der Waals surface area (Å²) in [6, 6.07) is 5.64. The van der Waals surface area contributed by atoms with Gasteiger partial charge in [-0.15, -0.1) is 0 Å². The first-order chi connectivity index (χ1) is 12.9. The predicted octanol–water partition coefficient (Wildman–Crippen LogP) is 4.08. The number of benzene rings is 1. The van der Waals surface area contributed by atoms with Crippen LogP contribution in [0.4, 0.5) is 13.2 Å². The molecule has 0 spiro atoms. The van der Waals surface area contributed by atoms with Crippen LogP contribution < -0.4 is 0 Å². The van der Waals surface area contributed by atoms with Gasteiger partial charge in [0.2, 0.25) is 0 Å². The molecule has 1 saturated heterocycles. The van der Waals surface area contributed by atoms with E-state index in [2.05, 4.69) is 15.0 Å². The van der Waals surface area contributed by atoms with Crippen molar-refractivity contribution < 1.29 is 22.4 Å². The second-order valence-corrected chi connectivity index (χ2v) is 7.02. The first kappa shape index (κ1) is 19.8. The third-order valence-electron chi connectivity index (χ3n) is 4.84. The summed E-state index contributed by atoms with van der Waals surface area (Å²) in [6.45, 7) is 2.78. The van der Waals surface area contributed by atoms with Crippen LogP contribution in [0.5, 0.6) is 0 Å². The Balaban J connectivity index is 1.51. The minimum absolute atomic E-state index is 0.298. The average molecular weight is 383 g/mol. The standard InChI is InChI=1S/C19H24F3N3O2/c1-26-13-18-23-17(24-27-18)12-25-9-3-5-15(11-25)8-7-14-4-2-6-16(10-14)19(20,21)22/h2,4,6,10,15H,3,5,7-9,11-13H2,1H3/t15-/m0/s1. The van der Waals surface area contributed by atoms with Crippen LogP contribution in [0.25, 0.3) is 0 Å². The molecule has 0 aliphatic carbocycles. The molecular formula is C19H24F3N3O2. The molecule has 1 aliphatic rings. The van der Waals surface area contributed by atoms with Gasteiger partial charge in [-0.1, -0.05) is 23.4 Å².